The SMILES string of the molecule is COc1cc(C)c([C@@H](C)NC(=O)[C@@H](C)N(c2ccccc2)S(C)(=O)=O)cc1C(C)C. The smallest absolute Gasteiger partial charge is 0.244 e. The first-order chi connectivity index (χ1) is 14.0. The van der Waals surface area contributed by atoms with Gasteiger partial charge in [-0.25, -0.2) is 8.42 Å². The van der Waals surface area contributed by atoms with Crippen molar-refractivity contribution in [1.82, 2.24) is 5.32 Å². The third kappa shape index (κ3) is 5.33. The minimum atomic E-state index is -3.64. The highest BCUT2D eigenvalue weighted by Crippen LogP contribution is 2.32. The summed E-state index contributed by atoms with van der Waals surface area (Å²) in [6, 6.07) is 11.5. The second-order valence-corrected chi connectivity index (χ2v) is 9.77. The molecule has 0 unspecified atom stereocenters. The van der Waals surface area contributed by atoms with Crippen LogP contribution in [-0.2, 0) is 14.8 Å². The highest BCUT2D eigenvalue weighted by atomic mass is 32.2. The lowest BCUT2D eigenvalue weighted by molar-refractivity contribution is -0.122. The number of hydrogen-bond donors (Lipinski definition) is 1. The van der Waals surface area contributed by atoms with Crippen molar-refractivity contribution in [3.8, 4) is 5.75 Å². The second kappa shape index (κ2) is 9.51. The van der Waals surface area contributed by atoms with Gasteiger partial charge in [-0.1, -0.05) is 32.0 Å². The molecule has 30 heavy (non-hydrogen) atoms. The number of nitrogens with zero attached hydrogens (tertiary/aromatic N) is 1. The summed E-state index contributed by atoms with van der Waals surface area (Å²) in [5.74, 6) is 0.725. The normalized spacial score (nSPS) is 13.6. The fraction of sp³-hybridized carbons (Fsp3) is 0.435. The number of aryl methyl sites for hydroxylation is 1. The molecule has 2 atom stereocenters. The van der Waals surface area contributed by atoms with E-state index in [4.69, 9.17) is 4.74 Å². The molecule has 0 fully saturated rings. The third-order valence-electron chi connectivity index (χ3n) is 5.16. The van der Waals surface area contributed by atoms with Crippen LogP contribution in [0.4, 0.5) is 5.69 Å². The van der Waals surface area contributed by atoms with Crippen LogP contribution in [-0.4, -0.2) is 33.7 Å². The molecule has 7 heteroatoms. The van der Waals surface area contributed by atoms with Gasteiger partial charge in [0.2, 0.25) is 15.9 Å². The molecular weight excluding hydrogens is 400 g/mol. The number of amides is 1. The van der Waals surface area contributed by atoms with Crippen LogP contribution >= 0.6 is 0 Å². The van der Waals surface area contributed by atoms with Crippen LogP contribution in [0.5, 0.6) is 5.75 Å². The molecule has 0 spiro atoms. The lowest BCUT2D eigenvalue weighted by Crippen LogP contribution is -2.48. The maximum atomic E-state index is 13.0. The fourth-order valence-electron chi connectivity index (χ4n) is 3.61. The Bertz CT molecular complexity index is 988. The van der Waals surface area contributed by atoms with E-state index in [1.165, 1.54) is 0 Å². The molecule has 0 saturated heterocycles. The number of hydrogen-bond acceptors (Lipinski definition) is 4. The van der Waals surface area contributed by atoms with E-state index in [-0.39, 0.29) is 17.9 Å². The largest absolute Gasteiger partial charge is 0.496 e. The molecule has 0 bridgehead atoms. The predicted octanol–water partition coefficient (Wildman–Crippen LogP) is 4.16. The van der Waals surface area contributed by atoms with E-state index in [9.17, 15) is 13.2 Å². The number of carbonyl (C=O) groups excluding carboxylic acids is 1. The first-order valence-corrected chi connectivity index (χ1v) is 11.9. The topological polar surface area (TPSA) is 75.7 Å². The summed E-state index contributed by atoms with van der Waals surface area (Å²) in [5, 5.41) is 2.98. The minimum Gasteiger partial charge on any atom is -0.496 e. The van der Waals surface area contributed by atoms with E-state index in [1.807, 2.05) is 19.9 Å². The van der Waals surface area contributed by atoms with Gasteiger partial charge in [0.15, 0.2) is 0 Å². The molecule has 2 aromatic carbocycles. The zero-order chi connectivity index (χ0) is 22.6. The molecule has 0 aromatic heterocycles. The lowest BCUT2D eigenvalue weighted by atomic mass is 9.93. The van der Waals surface area contributed by atoms with Crippen molar-refractivity contribution in [2.75, 3.05) is 17.7 Å². The van der Waals surface area contributed by atoms with Gasteiger partial charge in [-0.05, 0) is 67.6 Å². The van der Waals surface area contributed by atoms with Gasteiger partial charge < -0.3 is 10.1 Å². The Labute approximate surface area is 180 Å². The van der Waals surface area contributed by atoms with E-state index >= 15 is 0 Å². The van der Waals surface area contributed by atoms with E-state index in [2.05, 4.69) is 25.2 Å². The van der Waals surface area contributed by atoms with Crippen molar-refractivity contribution in [2.45, 2.75) is 52.6 Å². The molecule has 0 radical (unpaired) electrons. The van der Waals surface area contributed by atoms with Gasteiger partial charge in [0.25, 0.3) is 0 Å². The third-order valence-corrected chi connectivity index (χ3v) is 6.41. The molecule has 1 N–H and O–H groups in total. The molecule has 0 aliphatic carbocycles. The van der Waals surface area contributed by atoms with Crippen LogP contribution < -0.4 is 14.4 Å². The van der Waals surface area contributed by atoms with Gasteiger partial charge in [-0.3, -0.25) is 9.10 Å². The Morgan fingerprint density at radius 3 is 2.13 bits per heavy atom. The Morgan fingerprint density at radius 1 is 1.03 bits per heavy atom. The zero-order valence-corrected chi connectivity index (χ0v) is 19.6. The summed E-state index contributed by atoms with van der Waals surface area (Å²) < 4.78 is 31.5. The minimum absolute atomic E-state index is 0.264. The van der Waals surface area contributed by atoms with E-state index in [0.717, 1.165) is 33.0 Å². The van der Waals surface area contributed by atoms with Crippen molar-refractivity contribution in [2.24, 2.45) is 0 Å². The summed E-state index contributed by atoms with van der Waals surface area (Å²) in [6.07, 6.45) is 1.11. The highest BCUT2D eigenvalue weighted by molar-refractivity contribution is 7.92. The maximum Gasteiger partial charge on any atom is 0.244 e. The summed E-state index contributed by atoms with van der Waals surface area (Å²) in [6.45, 7) is 9.65. The number of carbonyl (C=O) groups is 1. The first-order valence-electron chi connectivity index (χ1n) is 10.0. The van der Waals surface area contributed by atoms with Gasteiger partial charge >= 0.3 is 0 Å². The van der Waals surface area contributed by atoms with Gasteiger partial charge in [-0.2, -0.15) is 0 Å². The highest BCUT2D eigenvalue weighted by Gasteiger charge is 2.30. The number of ether oxygens (including phenoxy) is 1. The van der Waals surface area contributed by atoms with E-state index in [1.54, 1.807) is 44.4 Å². The fourth-order valence-corrected chi connectivity index (χ4v) is 4.78. The number of para-hydroxylation sites is 1. The van der Waals surface area contributed by atoms with Crippen molar-refractivity contribution in [3.63, 3.8) is 0 Å². The summed E-state index contributed by atoms with van der Waals surface area (Å²) in [5.41, 5.74) is 3.50. The molecular formula is C23H32N2O4S. The summed E-state index contributed by atoms with van der Waals surface area (Å²) >= 11 is 0. The molecule has 6 nitrogen and oxygen atoms in total. The van der Waals surface area contributed by atoms with E-state index in [0.29, 0.717) is 5.69 Å². The number of anilines is 1. The Morgan fingerprint density at radius 2 is 1.63 bits per heavy atom. The Hall–Kier alpha value is -2.54. The van der Waals surface area contributed by atoms with Gasteiger partial charge in [0.1, 0.15) is 11.8 Å². The monoisotopic (exact) mass is 432 g/mol. The number of benzene rings is 2. The predicted molar refractivity (Wildman–Crippen MR) is 122 cm³/mol. The average Bonchev–Trinajstić information content (AvgIpc) is 2.66. The van der Waals surface area contributed by atoms with Crippen LogP contribution in [0, 0.1) is 6.92 Å². The molecule has 0 saturated carbocycles. The molecule has 2 rings (SSSR count). The van der Waals surface area contributed by atoms with Crippen LogP contribution in [0.1, 0.15) is 56.3 Å². The van der Waals surface area contributed by atoms with Crippen LogP contribution in [0.2, 0.25) is 0 Å². The molecule has 1 amide bonds. The number of sulfonamides is 1. The quantitative estimate of drug-likeness (QED) is 0.680. The van der Waals surface area contributed by atoms with Crippen LogP contribution in [0.15, 0.2) is 42.5 Å². The van der Waals surface area contributed by atoms with Gasteiger partial charge in [0, 0.05) is 0 Å². The Kier molecular flexibility index (Phi) is 7.53. The van der Waals surface area contributed by atoms with Crippen molar-refractivity contribution in [3.05, 3.63) is 59.2 Å². The number of rotatable bonds is 8. The molecule has 0 aliphatic heterocycles. The maximum absolute atomic E-state index is 13.0. The van der Waals surface area contributed by atoms with Crippen LogP contribution in [0.25, 0.3) is 0 Å². The van der Waals surface area contributed by atoms with Gasteiger partial charge in [-0.15, -0.1) is 0 Å². The van der Waals surface area contributed by atoms with Gasteiger partial charge in [0.05, 0.1) is 25.1 Å². The molecule has 164 valence electrons. The Balaban J connectivity index is 2.31. The number of nitrogens with one attached hydrogen (secondary N) is 1. The standard InChI is InChI=1S/C23H32N2O4S/c1-15(2)20-14-21(16(3)13-22(20)29-6)17(4)24-23(26)18(5)25(30(7,27)28)19-11-9-8-10-12-19/h8-15,17-18H,1-7H3,(H,24,26)/t17-,18-/m1/s1. The summed E-state index contributed by atoms with van der Waals surface area (Å²) in [7, 11) is -1.99. The molecule has 2 aromatic rings. The van der Waals surface area contributed by atoms with Crippen molar-refractivity contribution < 1.29 is 17.9 Å². The van der Waals surface area contributed by atoms with Crippen LogP contribution in [0.3, 0.4) is 0 Å². The summed E-state index contributed by atoms with van der Waals surface area (Å²) in [4.78, 5) is 13.0. The van der Waals surface area contributed by atoms with E-state index < -0.39 is 16.1 Å². The second-order valence-electron chi connectivity index (χ2n) is 7.91. The molecule has 0 heterocycles. The lowest BCUT2D eigenvalue weighted by Gasteiger charge is -2.29. The first kappa shape index (κ1) is 23.7. The molecule has 0 aliphatic rings. The van der Waals surface area contributed by atoms with Crippen molar-refractivity contribution >= 4 is 21.6 Å². The zero-order valence-electron chi connectivity index (χ0n) is 18.8. The van der Waals surface area contributed by atoms with Crippen molar-refractivity contribution in [1.29, 1.82) is 0 Å². The average molecular weight is 433 g/mol. The number of methoxy groups -OCH3 is 1.